The summed E-state index contributed by atoms with van der Waals surface area (Å²) in [5, 5.41) is 6.13. The van der Waals surface area contributed by atoms with Crippen molar-refractivity contribution in [2.75, 3.05) is 12.4 Å². The Morgan fingerprint density at radius 2 is 1.96 bits per heavy atom. The van der Waals surface area contributed by atoms with Crippen molar-refractivity contribution in [1.82, 2.24) is 9.97 Å². The second-order valence-electron chi connectivity index (χ2n) is 5.70. The zero-order valence-corrected chi connectivity index (χ0v) is 16.7. The van der Waals surface area contributed by atoms with Crippen molar-refractivity contribution in [1.29, 1.82) is 0 Å². The molecule has 7 heteroatoms. The first kappa shape index (κ1) is 17.6. The van der Waals surface area contributed by atoms with Crippen LogP contribution in [0.4, 0.5) is 11.5 Å². The first-order valence-electron chi connectivity index (χ1n) is 8.11. The second kappa shape index (κ2) is 7.46. The Morgan fingerprint density at radius 1 is 1.11 bits per heavy atom. The van der Waals surface area contributed by atoms with Crippen LogP contribution in [0.5, 0.6) is 0 Å². The van der Waals surface area contributed by atoms with E-state index in [1.807, 2.05) is 47.8 Å². The molecule has 134 valence electrons. The van der Waals surface area contributed by atoms with E-state index in [1.54, 1.807) is 23.5 Å². The van der Waals surface area contributed by atoms with E-state index < -0.39 is 5.97 Å². The number of ether oxygens (including phenoxy) is 1. The van der Waals surface area contributed by atoms with Crippen LogP contribution in [-0.4, -0.2) is 23.0 Å². The Labute approximate surface area is 168 Å². The molecule has 27 heavy (non-hydrogen) atoms. The molecule has 4 aromatic rings. The Bertz CT molecular complexity index is 1130. The summed E-state index contributed by atoms with van der Waals surface area (Å²) in [5.41, 5.74) is 1.88. The highest BCUT2D eigenvalue weighted by Crippen LogP contribution is 2.31. The van der Waals surface area contributed by atoms with E-state index in [9.17, 15) is 4.79 Å². The van der Waals surface area contributed by atoms with E-state index in [0.29, 0.717) is 22.9 Å². The standard InChI is InChI=1S/C20H14BrN3O2S/c1-26-20(25)13-5-2-3-6-15(13)22-18-14-11-12(21)8-9-16(14)23-19(24-18)17-7-4-10-27-17/h2-11H,1H3,(H,22,23,24). The number of carbonyl (C=O) groups excluding carboxylic acids is 1. The number of halogens is 1. The van der Waals surface area contributed by atoms with Gasteiger partial charge in [-0.25, -0.2) is 14.8 Å². The number of nitrogens with zero attached hydrogens (tertiary/aromatic N) is 2. The molecule has 0 saturated heterocycles. The van der Waals surface area contributed by atoms with Gasteiger partial charge in [0.2, 0.25) is 0 Å². The summed E-state index contributed by atoms with van der Waals surface area (Å²) < 4.78 is 5.81. The van der Waals surface area contributed by atoms with Crippen LogP contribution in [0.3, 0.4) is 0 Å². The van der Waals surface area contributed by atoms with Crippen LogP contribution in [0.25, 0.3) is 21.6 Å². The number of carbonyl (C=O) groups is 1. The SMILES string of the molecule is COC(=O)c1ccccc1Nc1nc(-c2cccs2)nc2ccc(Br)cc12. The summed E-state index contributed by atoms with van der Waals surface area (Å²) in [5.74, 6) is 0.857. The summed E-state index contributed by atoms with van der Waals surface area (Å²) in [6.07, 6.45) is 0. The molecule has 0 aliphatic heterocycles. The van der Waals surface area contributed by atoms with E-state index in [2.05, 4.69) is 26.2 Å². The van der Waals surface area contributed by atoms with E-state index in [-0.39, 0.29) is 0 Å². The first-order chi connectivity index (χ1) is 13.2. The number of thiophene rings is 1. The van der Waals surface area contributed by atoms with Crippen molar-refractivity contribution >= 4 is 55.6 Å². The maximum Gasteiger partial charge on any atom is 0.339 e. The van der Waals surface area contributed by atoms with Crippen molar-refractivity contribution in [3.63, 3.8) is 0 Å². The topological polar surface area (TPSA) is 64.1 Å². The molecule has 2 heterocycles. The lowest BCUT2D eigenvalue weighted by atomic mass is 10.1. The largest absolute Gasteiger partial charge is 0.465 e. The molecule has 5 nitrogen and oxygen atoms in total. The van der Waals surface area contributed by atoms with Gasteiger partial charge in [-0.2, -0.15) is 0 Å². The number of benzene rings is 2. The van der Waals surface area contributed by atoms with Gasteiger partial charge in [-0.15, -0.1) is 11.3 Å². The monoisotopic (exact) mass is 439 g/mol. The van der Waals surface area contributed by atoms with E-state index >= 15 is 0 Å². The summed E-state index contributed by atoms with van der Waals surface area (Å²) in [6.45, 7) is 0. The lowest BCUT2D eigenvalue weighted by molar-refractivity contribution is 0.0602. The fourth-order valence-corrected chi connectivity index (χ4v) is 3.74. The number of nitrogens with one attached hydrogen (secondary N) is 1. The van der Waals surface area contributed by atoms with Crippen LogP contribution in [0.15, 0.2) is 64.5 Å². The number of hydrogen-bond donors (Lipinski definition) is 1. The Morgan fingerprint density at radius 3 is 2.74 bits per heavy atom. The summed E-state index contributed by atoms with van der Waals surface area (Å²) in [6, 6.07) is 17.0. The molecule has 0 saturated carbocycles. The van der Waals surface area contributed by atoms with E-state index in [4.69, 9.17) is 9.72 Å². The van der Waals surface area contributed by atoms with Crippen molar-refractivity contribution < 1.29 is 9.53 Å². The normalized spacial score (nSPS) is 10.7. The van der Waals surface area contributed by atoms with Gasteiger partial charge in [-0.05, 0) is 41.8 Å². The van der Waals surface area contributed by atoms with Crippen molar-refractivity contribution in [3.05, 3.63) is 70.0 Å². The summed E-state index contributed by atoms with van der Waals surface area (Å²) in [4.78, 5) is 22.5. The molecule has 0 aliphatic carbocycles. The Balaban J connectivity index is 1.88. The Hall–Kier alpha value is -2.77. The molecule has 0 unspecified atom stereocenters. The number of aromatic nitrogens is 2. The average Bonchev–Trinajstić information content (AvgIpc) is 3.23. The predicted molar refractivity (Wildman–Crippen MR) is 112 cm³/mol. The zero-order chi connectivity index (χ0) is 18.8. The molecule has 4 rings (SSSR count). The number of methoxy groups -OCH3 is 1. The molecule has 2 aromatic carbocycles. The van der Waals surface area contributed by atoms with Crippen LogP contribution in [0, 0.1) is 0 Å². The average molecular weight is 440 g/mol. The Kier molecular flexibility index (Phi) is 4.87. The molecular formula is C20H14BrN3O2S. The summed E-state index contributed by atoms with van der Waals surface area (Å²) >= 11 is 5.08. The molecule has 0 bridgehead atoms. The molecule has 0 fully saturated rings. The van der Waals surface area contributed by atoms with Gasteiger partial charge in [-0.1, -0.05) is 34.1 Å². The smallest absolute Gasteiger partial charge is 0.339 e. The van der Waals surface area contributed by atoms with Crippen LogP contribution in [0.1, 0.15) is 10.4 Å². The minimum Gasteiger partial charge on any atom is -0.465 e. The van der Waals surface area contributed by atoms with Crippen molar-refractivity contribution in [2.24, 2.45) is 0 Å². The maximum atomic E-state index is 12.1. The van der Waals surface area contributed by atoms with Crippen LogP contribution in [-0.2, 0) is 4.74 Å². The van der Waals surface area contributed by atoms with Gasteiger partial charge < -0.3 is 10.1 Å². The molecular weight excluding hydrogens is 426 g/mol. The number of fused-ring (bicyclic) bond motifs is 1. The van der Waals surface area contributed by atoms with Gasteiger partial charge in [0.05, 0.1) is 28.8 Å². The highest BCUT2D eigenvalue weighted by molar-refractivity contribution is 9.10. The van der Waals surface area contributed by atoms with E-state index in [0.717, 1.165) is 20.3 Å². The van der Waals surface area contributed by atoms with Gasteiger partial charge in [0.25, 0.3) is 0 Å². The predicted octanol–water partition coefficient (Wildman–Crippen LogP) is 5.65. The lowest BCUT2D eigenvalue weighted by Crippen LogP contribution is -2.07. The third kappa shape index (κ3) is 3.56. The molecule has 0 atom stereocenters. The summed E-state index contributed by atoms with van der Waals surface area (Å²) in [7, 11) is 1.37. The molecule has 0 radical (unpaired) electrons. The first-order valence-corrected chi connectivity index (χ1v) is 9.78. The second-order valence-corrected chi connectivity index (χ2v) is 7.56. The third-order valence-corrected chi connectivity index (χ3v) is 5.34. The number of anilines is 2. The van der Waals surface area contributed by atoms with Gasteiger partial charge in [0, 0.05) is 9.86 Å². The highest BCUT2D eigenvalue weighted by Gasteiger charge is 2.15. The molecule has 0 amide bonds. The number of para-hydroxylation sites is 1. The molecule has 1 N–H and O–H groups in total. The highest BCUT2D eigenvalue weighted by atomic mass is 79.9. The number of esters is 1. The maximum absolute atomic E-state index is 12.1. The quantitative estimate of drug-likeness (QED) is 0.416. The van der Waals surface area contributed by atoms with Gasteiger partial charge in [0.15, 0.2) is 5.82 Å². The van der Waals surface area contributed by atoms with Gasteiger partial charge in [0.1, 0.15) is 5.82 Å². The number of hydrogen-bond acceptors (Lipinski definition) is 6. The van der Waals surface area contributed by atoms with Crippen LogP contribution in [0.2, 0.25) is 0 Å². The van der Waals surface area contributed by atoms with Crippen molar-refractivity contribution in [2.45, 2.75) is 0 Å². The third-order valence-electron chi connectivity index (χ3n) is 3.98. The molecule has 0 spiro atoms. The minimum atomic E-state index is -0.406. The molecule has 0 aliphatic rings. The fourth-order valence-electron chi connectivity index (χ4n) is 2.72. The number of rotatable bonds is 4. The zero-order valence-electron chi connectivity index (χ0n) is 14.3. The minimum absolute atomic E-state index is 0.406. The van der Waals surface area contributed by atoms with Gasteiger partial charge in [-0.3, -0.25) is 0 Å². The van der Waals surface area contributed by atoms with Crippen LogP contribution >= 0.6 is 27.3 Å². The van der Waals surface area contributed by atoms with Crippen molar-refractivity contribution in [3.8, 4) is 10.7 Å². The van der Waals surface area contributed by atoms with E-state index in [1.165, 1.54) is 7.11 Å². The molecule has 2 aromatic heterocycles. The lowest BCUT2D eigenvalue weighted by Gasteiger charge is -2.13. The van der Waals surface area contributed by atoms with Gasteiger partial charge >= 0.3 is 5.97 Å². The fraction of sp³-hybridized carbons (Fsp3) is 0.0500. The van der Waals surface area contributed by atoms with Crippen LogP contribution < -0.4 is 5.32 Å².